The number of aliphatic hydroxyl groups is 1. The fraction of sp³-hybridized carbons (Fsp3) is 0.615. The number of carbonyl (C=O) groups excluding carboxylic acids is 1. The molecule has 1 amide bonds. The number of nitrogens with one attached hydrogen (secondary N) is 2. The van der Waals surface area contributed by atoms with Crippen LogP contribution < -0.4 is 10.9 Å². The molecule has 104 valence electrons. The first kappa shape index (κ1) is 13.7. The van der Waals surface area contributed by atoms with Gasteiger partial charge in [0.1, 0.15) is 5.69 Å². The van der Waals surface area contributed by atoms with E-state index in [0.717, 1.165) is 44.7 Å². The average Bonchev–Trinajstić information content (AvgIpc) is 2.65. The SMILES string of the molecule is O=C(NC1(CO)CCCCCC1)c1cncc(=O)[nH]1. The molecule has 19 heavy (non-hydrogen) atoms. The van der Waals surface area contributed by atoms with E-state index in [2.05, 4.69) is 15.3 Å². The number of aromatic amines is 1. The Balaban J connectivity index is 2.13. The first-order valence-electron chi connectivity index (χ1n) is 6.63. The van der Waals surface area contributed by atoms with Gasteiger partial charge >= 0.3 is 0 Å². The van der Waals surface area contributed by atoms with Gasteiger partial charge in [0.25, 0.3) is 11.5 Å². The van der Waals surface area contributed by atoms with E-state index in [1.54, 1.807) is 0 Å². The molecule has 1 aromatic heterocycles. The Labute approximate surface area is 111 Å². The highest BCUT2D eigenvalue weighted by Gasteiger charge is 2.32. The molecule has 0 aliphatic heterocycles. The molecule has 0 saturated heterocycles. The summed E-state index contributed by atoms with van der Waals surface area (Å²) in [6, 6.07) is 0. The van der Waals surface area contributed by atoms with Crippen LogP contribution in [-0.4, -0.2) is 33.1 Å². The van der Waals surface area contributed by atoms with Crippen molar-refractivity contribution in [3.63, 3.8) is 0 Å². The van der Waals surface area contributed by atoms with Crippen LogP contribution >= 0.6 is 0 Å². The molecule has 0 radical (unpaired) electrons. The largest absolute Gasteiger partial charge is 0.394 e. The van der Waals surface area contributed by atoms with Crippen molar-refractivity contribution in [2.45, 2.75) is 44.1 Å². The smallest absolute Gasteiger partial charge is 0.269 e. The Morgan fingerprint density at radius 3 is 2.58 bits per heavy atom. The molecule has 3 N–H and O–H groups in total. The third-order valence-electron chi connectivity index (χ3n) is 3.64. The Morgan fingerprint density at radius 2 is 2.00 bits per heavy atom. The molecule has 2 rings (SSSR count). The Hall–Kier alpha value is -1.69. The van der Waals surface area contributed by atoms with E-state index in [4.69, 9.17) is 0 Å². The summed E-state index contributed by atoms with van der Waals surface area (Å²) in [7, 11) is 0. The number of H-pyrrole nitrogens is 1. The zero-order valence-electron chi connectivity index (χ0n) is 10.8. The molecule has 1 saturated carbocycles. The normalized spacial score (nSPS) is 18.6. The van der Waals surface area contributed by atoms with Gasteiger partial charge in [0.15, 0.2) is 0 Å². The van der Waals surface area contributed by atoms with Crippen LogP contribution in [0.1, 0.15) is 49.0 Å². The maximum Gasteiger partial charge on any atom is 0.269 e. The van der Waals surface area contributed by atoms with Crippen LogP contribution in [0.5, 0.6) is 0 Å². The van der Waals surface area contributed by atoms with E-state index in [1.807, 2.05) is 0 Å². The van der Waals surface area contributed by atoms with E-state index in [1.165, 1.54) is 6.20 Å². The summed E-state index contributed by atoms with van der Waals surface area (Å²) < 4.78 is 0. The van der Waals surface area contributed by atoms with Crippen LogP contribution in [0.15, 0.2) is 17.2 Å². The van der Waals surface area contributed by atoms with Crippen LogP contribution in [0.3, 0.4) is 0 Å². The molecule has 1 heterocycles. The summed E-state index contributed by atoms with van der Waals surface area (Å²) in [5.74, 6) is -0.388. The standard InChI is InChI=1S/C13H19N3O3/c17-9-13(5-3-1-2-4-6-13)16-12(19)10-7-14-8-11(18)15-10/h7-8,17H,1-6,9H2,(H,15,18)(H,16,19). The number of aromatic nitrogens is 2. The van der Waals surface area contributed by atoms with Crippen molar-refractivity contribution >= 4 is 5.91 Å². The van der Waals surface area contributed by atoms with Gasteiger partial charge in [-0.05, 0) is 12.8 Å². The van der Waals surface area contributed by atoms with Crippen LogP contribution in [-0.2, 0) is 0 Å². The Bertz CT molecular complexity index is 490. The number of nitrogens with zero attached hydrogens (tertiary/aromatic N) is 1. The topological polar surface area (TPSA) is 95.1 Å². The fourth-order valence-corrected chi connectivity index (χ4v) is 2.53. The molecule has 0 aromatic carbocycles. The highest BCUT2D eigenvalue weighted by atomic mass is 16.3. The maximum atomic E-state index is 12.1. The van der Waals surface area contributed by atoms with Crippen LogP contribution in [0.2, 0.25) is 0 Å². The highest BCUT2D eigenvalue weighted by molar-refractivity contribution is 5.92. The summed E-state index contributed by atoms with van der Waals surface area (Å²) >= 11 is 0. The van der Waals surface area contributed by atoms with Gasteiger partial charge in [0.2, 0.25) is 0 Å². The molecular formula is C13H19N3O3. The lowest BCUT2D eigenvalue weighted by Gasteiger charge is -2.31. The van der Waals surface area contributed by atoms with E-state index in [9.17, 15) is 14.7 Å². The molecule has 1 aliphatic carbocycles. The minimum absolute atomic E-state index is 0.0801. The molecule has 0 atom stereocenters. The summed E-state index contributed by atoms with van der Waals surface area (Å²) in [6.45, 7) is -0.0801. The van der Waals surface area contributed by atoms with Crippen molar-refractivity contribution < 1.29 is 9.90 Å². The fourth-order valence-electron chi connectivity index (χ4n) is 2.53. The van der Waals surface area contributed by atoms with E-state index >= 15 is 0 Å². The second kappa shape index (κ2) is 5.97. The zero-order chi connectivity index (χ0) is 13.7. The number of carbonyl (C=O) groups is 1. The van der Waals surface area contributed by atoms with Crippen molar-refractivity contribution in [1.29, 1.82) is 0 Å². The molecule has 1 aliphatic rings. The number of hydrogen-bond acceptors (Lipinski definition) is 4. The Kier molecular flexibility index (Phi) is 4.31. The molecule has 0 unspecified atom stereocenters. The number of hydrogen-bond donors (Lipinski definition) is 3. The number of amides is 1. The van der Waals surface area contributed by atoms with Crippen molar-refractivity contribution in [3.8, 4) is 0 Å². The predicted octanol–water partition coefficient (Wildman–Crippen LogP) is 0.585. The maximum absolute atomic E-state index is 12.1. The van der Waals surface area contributed by atoms with Gasteiger partial charge in [-0.2, -0.15) is 0 Å². The molecule has 1 fully saturated rings. The van der Waals surface area contributed by atoms with Gasteiger partial charge in [0.05, 0.1) is 24.5 Å². The van der Waals surface area contributed by atoms with Gasteiger partial charge in [-0.3, -0.25) is 14.6 Å². The lowest BCUT2D eigenvalue weighted by atomic mass is 9.91. The molecule has 0 bridgehead atoms. The minimum Gasteiger partial charge on any atom is -0.394 e. The second-order valence-electron chi connectivity index (χ2n) is 5.12. The molecule has 1 aromatic rings. The van der Waals surface area contributed by atoms with Gasteiger partial charge < -0.3 is 15.4 Å². The molecule has 6 heteroatoms. The summed E-state index contributed by atoms with van der Waals surface area (Å²) in [6.07, 6.45) is 8.19. The van der Waals surface area contributed by atoms with Crippen LogP contribution in [0.4, 0.5) is 0 Å². The van der Waals surface area contributed by atoms with Crippen LogP contribution in [0, 0.1) is 0 Å². The van der Waals surface area contributed by atoms with E-state index in [0.29, 0.717) is 0 Å². The van der Waals surface area contributed by atoms with Crippen LogP contribution in [0.25, 0.3) is 0 Å². The van der Waals surface area contributed by atoms with Gasteiger partial charge in [-0.15, -0.1) is 0 Å². The van der Waals surface area contributed by atoms with Gasteiger partial charge in [-0.1, -0.05) is 25.7 Å². The predicted molar refractivity (Wildman–Crippen MR) is 69.8 cm³/mol. The van der Waals surface area contributed by atoms with Crippen molar-refractivity contribution in [3.05, 3.63) is 28.4 Å². The first-order valence-corrected chi connectivity index (χ1v) is 6.63. The molecular weight excluding hydrogens is 246 g/mol. The minimum atomic E-state index is -0.569. The van der Waals surface area contributed by atoms with E-state index < -0.39 is 11.1 Å². The third kappa shape index (κ3) is 3.41. The van der Waals surface area contributed by atoms with E-state index in [-0.39, 0.29) is 18.2 Å². The third-order valence-corrected chi connectivity index (χ3v) is 3.64. The number of rotatable bonds is 3. The second-order valence-corrected chi connectivity index (χ2v) is 5.12. The number of aliphatic hydroxyl groups excluding tert-OH is 1. The van der Waals surface area contributed by atoms with Gasteiger partial charge in [0, 0.05) is 0 Å². The zero-order valence-corrected chi connectivity index (χ0v) is 10.8. The first-order chi connectivity index (χ1) is 9.15. The van der Waals surface area contributed by atoms with Crippen molar-refractivity contribution in [1.82, 2.24) is 15.3 Å². The average molecular weight is 265 g/mol. The molecule has 0 spiro atoms. The van der Waals surface area contributed by atoms with Crippen molar-refractivity contribution in [2.24, 2.45) is 0 Å². The summed E-state index contributed by atoms with van der Waals surface area (Å²) in [4.78, 5) is 29.4. The highest BCUT2D eigenvalue weighted by Crippen LogP contribution is 2.26. The van der Waals surface area contributed by atoms with Crippen molar-refractivity contribution in [2.75, 3.05) is 6.61 Å². The monoisotopic (exact) mass is 265 g/mol. The lowest BCUT2D eigenvalue weighted by molar-refractivity contribution is 0.0800. The quantitative estimate of drug-likeness (QED) is 0.697. The summed E-state index contributed by atoms with van der Waals surface area (Å²) in [5.41, 5.74) is -0.850. The molecule has 6 nitrogen and oxygen atoms in total. The van der Waals surface area contributed by atoms with Gasteiger partial charge in [-0.25, -0.2) is 0 Å². The summed E-state index contributed by atoms with van der Waals surface area (Å²) in [5, 5.41) is 12.5. The Morgan fingerprint density at radius 1 is 1.32 bits per heavy atom. The lowest BCUT2D eigenvalue weighted by Crippen LogP contribution is -2.51.